The minimum absolute atomic E-state index is 0.287. The molecular weight excluding hydrogens is 266 g/mol. The summed E-state index contributed by atoms with van der Waals surface area (Å²) < 4.78 is 5.14. The fourth-order valence-corrected chi connectivity index (χ4v) is 3.06. The van der Waals surface area contributed by atoms with Gasteiger partial charge in [-0.3, -0.25) is 0 Å². The molecule has 2 rings (SSSR count). The molecule has 0 aliphatic rings. The smallest absolute Gasteiger partial charge is 0.0950 e. The molecule has 0 amide bonds. The topological polar surface area (TPSA) is 25.2 Å². The van der Waals surface area contributed by atoms with E-state index in [1.807, 2.05) is 30.3 Å². The molecule has 0 aliphatic heterocycles. The fraction of sp³-hybridized carbons (Fsp3) is 0.286. The molecule has 96 valence electrons. The Kier molecular flexibility index (Phi) is 5.17. The predicted octanol–water partition coefficient (Wildman–Crippen LogP) is 4.38. The Hall–Kier alpha value is -0.900. The number of rotatable bonds is 6. The number of hydrogen-bond acceptors (Lipinski definition) is 3. The molecule has 1 atom stereocenters. The molecule has 1 N–H and O–H groups in total. The Labute approximate surface area is 117 Å². The fourth-order valence-electron chi connectivity index (χ4n) is 1.73. The van der Waals surface area contributed by atoms with E-state index < -0.39 is 0 Å². The summed E-state index contributed by atoms with van der Waals surface area (Å²) in [4.78, 5) is 1.12. The van der Waals surface area contributed by atoms with Gasteiger partial charge >= 0.3 is 0 Å². The molecule has 4 heteroatoms. The normalized spacial score (nSPS) is 12.6. The van der Waals surface area contributed by atoms with Gasteiger partial charge in [-0.05, 0) is 24.7 Å². The van der Waals surface area contributed by atoms with Crippen LogP contribution in [0.3, 0.4) is 0 Å². The molecule has 18 heavy (non-hydrogen) atoms. The van der Waals surface area contributed by atoms with Gasteiger partial charge in [0.1, 0.15) is 0 Å². The van der Waals surface area contributed by atoms with Crippen LogP contribution in [0.25, 0.3) is 0 Å². The summed E-state index contributed by atoms with van der Waals surface area (Å²) >= 11 is 7.91. The monoisotopic (exact) mass is 281 g/mol. The maximum Gasteiger partial charge on any atom is 0.0950 e. The average Bonchev–Trinajstić information content (AvgIpc) is 2.90. The van der Waals surface area contributed by atoms with Gasteiger partial charge in [-0.25, -0.2) is 0 Å². The third kappa shape index (κ3) is 3.55. The summed E-state index contributed by atoms with van der Waals surface area (Å²) in [5.74, 6) is 0.928. The van der Waals surface area contributed by atoms with E-state index in [0.29, 0.717) is 0 Å². The van der Waals surface area contributed by atoms with E-state index in [4.69, 9.17) is 16.0 Å². The summed E-state index contributed by atoms with van der Waals surface area (Å²) in [6.45, 7) is 3.03. The standard InChI is InChI=1S/C14H16ClNOS/c1-2-16-13(11-7-8-17-9-11)10-18-14-6-4-3-5-12(14)15/h3-9,13,16H,2,10H2,1H3. The molecule has 0 aliphatic carbocycles. The number of furan rings is 1. The Morgan fingerprint density at radius 3 is 2.83 bits per heavy atom. The Balaban J connectivity index is 2.00. The quantitative estimate of drug-likeness (QED) is 0.796. The van der Waals surface area contributed by atoms with E-state index in [9.17, 15) is 0 Å². The van der Waals surface area contributed by atoms with Crippen molar-refractivity contribution in [3.05, 3.63) is 53.4 Å². The Morgan fingerprint density at radius 1 is 1.33 bits per heavy atom. The molecule has 0 saturated carbocycles. The largest absolute Gasteiger partial charge is 0.472 e. The Morgan fingerprint density at radius 2 is 2.17 bits per heavy atom. The Bertz CT molecular complexity index is 472. The third-order valence-corrected chi connectivity index (χ3v) is 4.25. The van der Waals surface area contributed by atoms with E-state index in [2.05, 4.69) is 12.2 Å². The van der Waals surface area contributed by atoms with Crippen molar-refractivity contribution in [2.45, 2.75) is 17.9 Å². The van der Waals surface area contributed by atoms with Crippen molar-refractivity contribution in [1.29, 1.82) is 0 Å². The summed E-state index contributed by atoms with van der Waals surface area (Å²) in [6, 6.07) is 10.2. The van der Waals surface area contributed by atoms with Crippen LogP contribution in [-0.4, -0.2) is 12.3 Å². The number of halogens is 1. The highest BCUT2D eigenvalue weighted by Crippen LogP contribution is 2.30. The van der Waals surface area contributed by atoms with Gasteiger partial charge in [0.05, 0.1) is 17.5 Å². The van der Waals surface area contributed by atoms with Gasteiger partial charge in [0, 0.05) is 22.3 Å². The lowest BCUT2D eigenvalue weighted by atomic mass is 10.2. The molecule has 1 heterocycles. The van der Waals surface area contributed by atoms with Crippen LogP contribution in [0.4, 0.5) is 0 Å². The molecule has 1 unspecified atom stereocenters. The average molecular weight is 282 g/mol. The van der Waals surface area contributed by atoms with Crippen LogP contribution < -0.4 is 5.32 Å². The van der Waals surface area contributed by atoms with Crippen LogP contribution in [-0.2, 0) is 0 Å². The highest BCUT2D eigenvalue weighted by atomic mass is 35.5. The number of thioether (sulfide) groups is 1. The van der Waals surface area contributed by atoms with Crippen LogP contribution in [0, 0.1) is 0 Å². The molecule has 1 aromatic heterocycles. The van der Waals surface area contributed by atoms with Crippen molar-refractivity contribution >= 4 is 23.4 Å². The highest BCUT2D eigenvalue weighted by Gasteiger charge is 2.12. The number of nitrogens with one attached hydrogen (secondary N) is 1. The molecule has 0 radical (unpaired) electrons. The molecule has 1 aromatic carbocycles. The van der Waals surface area contributed by atoms with Gasteiger partial charge in [-0.1, -0.05) is 30.7 Å². The highest BCUT2D eigenvalue weighted by molar-refractivity contribution is 7.99. The van der Waals surface area contributed by atoms with Gasteiger partial charge in [0.2, 0.25) is 0 Å². The van der Waals surface area contributed by atoms with Gasteiger partial charge in [0.15, 0.2) is 0 Å². The summed E-state index contributed by atoms with van der Waals surface area (Å²) in [5, 5.41) is 4.26. The van der Waals surface area contributed by atoms with Crippen LogP contribution in [0.15, 0.2) is 52.2 Å². The first kappa shape index (κ1) is 13.5. The second-order valence-electron chi connectivity index (χ2n) is 3.91. The van der Waals surface area contributed by atoms with E-state index in [-0.39, 0.29) is 6.04 Å². The molecule has 0 saturated heterocycles. The molecule has 2 aromatic rings. The molecule has 2 nitrogen and oxygen atoms in total. The lowest BCUT2D eigenvalue weighted by Crippen LogP contribution is -2.22. The van der Waals surface area contributed by atoms with E-state index >= 15 is 0 Å². The lowest BCUT2D eigenvalue weighted by molar-refractivity contribution is 0.548. The zero-order chi connectivity index (χ0) is 12.8. The molecule has 0 spiro atoms. The van der Waals surface area contributed by atoms with Crippen molar-refractivity contribution in [2.75, 3.05) is 12.3 Å². The summed E-state index contributed by atoms with van der Waals surface area (Å²) in [6.07, 6.45) is 3.50. The minimum Gasteiger partial charge on any atom is -0.472 e. The first-order chi connectivity index (χ1) is 8.81. The predicted molar refractivity (Wildman–Crippen MR) is 77.3 cm³/mol. The van der Waals surface area contributed by atoms with Gasteiger partial charge in [0.25, 0.3) is 0 Å². The van der Waals surface area contributed by atoms with E-state index in [1.54, 1.807) is 24.3 Å². The lowest BCUT2D eigenvalue weighted by Gasteiger charge is -2.16. The van der Waals surface area contributed by atoms with Crippen molar-refractivity contribution in [1.82, 2.24) is 5.32 Å². The summed E-state index contributed by atoms with van der Waals surface area (Å²) in [7, 11) is 0. The SMILES string of the molecule is CCNC(CSc1ccccc1Cl)c1ccoc1. The zero-order valence-corrected chi connectivity index (χ0v) is 11.8. The maximum absolute atomic E-state index is 6.15. The molecule has 0 bridgehead atoms. The second-order valence-corrected chi connectivity index (χ2v) is 5.38. The van der Waals surface area contributed by atoms with Crippen LogP contribution in [0.5, 0.6) is 0 Å². The van der Waals surface area contributed by atoms with Crippen LogP contribution >= 0.6 is 23.4 Å². The van der Waals surface area contributed by atoms with Crippen LogP contribution in [0.1, 0.15) is 18.5 Å². The first-order valence-corrected chi connectivity index (χ1v) is 7.30. The van der Waals surface area contributed by atoms with Crippen molar-refractivity contribution in [3.8, 4) is 0 Å². The van der Waals surface area contributed by atoms with Crippen LogP contribution in [0.2, 0.25) is 5.02 Å². The van der Waals surface area contributed by atoms with E-state index in [0.717, 1.165) is 22.2 Å². The molecule has 0 fully saturated rings. The first-order valence-electron chi connectivity index (χ1n) is 5.94. The van der Waals surface area contributed by atoms with Crippen molar-refractivity contribution < 1.29 is 4.42 Å². The van der Waals surface area contributed by atoms with E-state index in [1.165, 1.54) is 5.56 Å². The minimum atomic E-state index is 0.287. The third-order valence-electron chi connectivity index (χ3n) is 2.64. The van der Waals surface area contributed by atoms with Gasteiger partial charge < -0.3 is 9.73 Å². The number of benzene rings is 1. The number of hydrogen-bond donors (Lipinski definition) is 1. The zero-order valence-electron chi connectivity index (χ0n) is 10.2. The summed E-state index contributed by atoms with van der Waals surface area (Å²) in [5.41, 5.74) is 1.18. The van der Waals surface area contributed by atoms with Crippen molar-refractivity contribution in [3.63, 3.8) is 0 Å². The molecular formula is C14H16ClNOS. The van der Waals surface area contributed by atoms with Gasteiger partial charge in [-0.2, -0.15) is 0 Å². The van der Waals surface area contributed by atoms with Gasteiger partial charge in [-0.15, -0.1) is 11.8 Å². The maximum atomic E-state index is 6.15. The van der Waals surface area contributed by atoms with Crippen molar-refractivity contribution in [2.24, 2.45) is 0 Å². The second kappa shape index (κ2) is 6.88.